The number of nitrogens with zero attached hydrogens (tertiary/aromatic N) is 1. The lowest BCUT2D eigenvalue weighted by molar-refractivity contribution is -0.120. The highest BCUT2D eigenvalue weighted by molar-refractivity contribution is 5.94. The molecule has 74 valence electrons. The Morgan fingerprint density at radius 2 is 2.00 bits per heavy atom. The molecule has 2 nitrogen and oxygen atoms in total. The zero-order chi connectivity index (χ0) is 9.97. The predicted molar refractivity (Wildman–Crippen MR) is 57.2 cm³/mol. The highest BCUT2D eigenvalue weighted by atomic mass is 16.2. The minimum atomic E-state index is 0.259. The first-order chi connectivity index (χ1) is 6.79. The van der Waals surface area contributed by atoms with Gasteiger partial charge < -0.3 is 4.90 Å². The van der Waals surface area contributed by atoms with Gasteiger partial charge in [0.15, 0.2) is 0 Å². The summed E-state index contributed by atoms with van der Waals surface area (Å²) in [7, 11) is 0. The number of amides is 1. The van der Waals surface area contributed by atoms with Gasteiger partial charge >= 0.3 is 0 Å². The van der Waals surface area contributed by atoms with Gasteiger partial charge in [-0.05, 0) is 31.9 Å². The third kappa shape index (κ3) is 1.65. The Bertz CT molecular complexity index is 320. The summed E-state index contributed by atoms with van der Waals surface area (Å²) in [5.41, 5.74) is 1.03. The summed E-state index contributed by atoms with van der Waals surface area (Å²) in [5, 5.41) is 0. The molecule has 1 heterocycles. The molecular weight excluding hydrogens is 174 g/mol. The van der Waals surface area contributed by atoms with E-state index in [0.29, 0.717) is 12.5 Å². The van der Waals surface area contributed by atoms with Crippen molar-refractivity contribution in [2.75, 3.05) is 4.90 Å². The maximum Gasteiger partial charge on any atom is 0.227 e. The van der Waals surface area contributed by atoms with Crippen LogP contribution in [0.15, 0.2) is 30.3 Å². The van der Waals surface area contributed by atoms with Crippen LogP contribution in [0, 0.1) is 0 Å². The van der Waals surface area contributed by atoms with Crippen LogP contribution >= 0.6 is 0 Å². The second kappa shape index (κ2) is 3.82. The van der Waals surface area contributed by atoms with Crippen molar-refractivity contribution in [2.45, 2.75) is 32.2 Å². The second-order valence-corrected chi connectivity index (χ2v) is 3.84. The highest BCUT2D eigenvalue weighted by Crippen LogP contribution is 2.24. The van der Waals surface area contributed by atoms with Crippen LogP contribution in [0.4, 0.5) is 5.69 Å². The lowest BCUT2D eigenvalue weighted by Crippen LogP contribution is -2.41. The summed E-state index contributed by atoms with van der Waals surface area (Å²) in [6, 6.07) is 10.3. The van der Waals surface area contributed by atoms with Gasteiger partial charge in [-0.2, -0.15) is 0 Å². The van der Waals surface area contributed by atoms with Gasteiger partial charge in [-0.3, -0.25) is 4.79 Å². The summed E-state index contributed by atoms with van der Waals surface area (Å²) >= 11 is 0. The van der Waals surface area contributed by atoms with E-state index in [-0.39, 0.29) is 5.91 Å². The molecule has 1 unspecified atom stereocenters. The standard InChI is InChI=1S/C12H15NO/c1-10-6-5-9-12(14)13(10)11-7-3-2-4-8-11/h2-4,7-8,10H,5-6,9H2,1H3. The Labute approximate surface area is 84.5 Å². The van der Waals surface area contributed by atoms with E-state index in [1.807, 2.05) is 35.2 Å². The topological polar surface area (TPSA) is 20.3 Å². The molecule has 1 aromatic carbocycles. The molecule has 1 aromatic rings. The Morgan fingerprint density at radius 3 is 2.64 bits per heavy atom. The van der Waals surface area contributed by atoms with Gasteiger partial charge in [-0.25, -0.2) is 0 Å². The molecule has 1 fully saturated rings. The van der Waals surface area contributed by atoms with Gasteiger partial charge in [-0.1, -0.05) is 18.2 Å². The van der Waals surface area contributed by atoms with Gasteiger partial charge in [0.25, 0.3) is 0 Å². The summed E-state index contributed by atoms with van der Waals surface area (Å²) in [4.78, 5) is 13.7. The zero-order valence-electron chi connectivity index (χ0n) is 8.44. The molecular formula is C12H15NO. The van der Waals surface area contributed by atoms with Crippen LogP contribution in [0.3, 0.4) is 0 Å². The van der Waals surface area contributed by atoms with Gasteiger partial charge in [0.1, 0.15) is 0 Å². The van der Waals surface area contributed by atoms with Crippen LogP contribution in [0.25, 0.3) is 0 Å². The first-order valence-corrected chi connectivity index (χ1v) is 5.16. The Hall–Kier alpha value is -1.31. The predicted octanol–water partition coefficient (Wildman–Crippen LogP) is 2.59. The van der Waals surface area contributed by atoms with E-state index in [1.165, 1.54) is 0 Å². The monoisotopic (exact) mass is 189 g/mol. The fraction of sp³-hybridized carbons (Fsp3) is 0.417. The molecule has 1 amide bonds. The molecule has 0 saturated carbocycles. The second-order valence-electron chi connectivity index (χ2n) is 3.84. The van der Waals surface area contributed by atoms with E-state index in [4.69, 9.17) is 0 Å². The van der Waals surface area contributed by atoms with Gasteiger partial charge in [-0.15, -0.1) is 0 Å². The maximum absolute atomic E-state index is 11.7. The molecule has 1 atom stereocenters. The van der Waals surface area contributed by atoms with Crippen LogP contribution in [-0.4, -0.2) is 11.9 Å². The van der Waals surface area contributed by atoms with Crippen molar-refractivity contribution in [1.82, 2.24) is 0 Å². The molecule has 1 aliphatic heterocycles. The van der Waals surface area contributed by atoms with Crippen LogP contribution in [-0.2, 0) is 4.79 Å². The van der Waals surface area contributed by atoms with E-state index < -0.39 is 0 Å². The summed E-state index contributed by atoms with van der Waals surface area (Å²) < 4.78 is 0. The minimum Gasteiger partial charge on any atom is -0.310 e. The molecule has 0 aliphatic carbocycles. The zero-order valence-corrected chi connectivity index (χ0v) is 8.44. The first kappa shape index (κ1) is 9.25. The fourth-order valence-corrected chi connectivity index (χ4v) is 2.03. The summed E-state index contributed by atoms with van der Waals surface area (Å²) in [6.07, 6.45) is 2.84. The van der Waals surface area contributed by atoms with E-state index >= 15 is 0 Å². The number of benzene rings is 1. The lowest BCUT2D eigenvalue weighted by Gasteiger charge is -2.33. The van der Waals surface area contributed by atoms with Crippen molar-refractivity contribution in [2.24, 2.45) is 0 Å². The summed E-state index contributed by atoms with van der Waals surface area (Å²) in [5.74, 6) is 0.259. The van der Waals surface area contributed by atoms with E-state index in [0.717, 1.165) is 18.5 Å². The molecule has 0 spiro atoms. The van der Waals surface area contributed by atoms with Crippen molar-refractivity contribution in [3.05, 3.63) is 30.3 Å². The number of rotatable bonds is 1. The number of para-hydroxylation sites is 1. The lowest BCUT2D eigenvalue weighted by atomic mass is 10.0. The number of hydrogen-bond acceptors (Lipinski definition) is 1. The quantitative estimate of drug-likeness (QED) is 0.665. The SMILES string of the molecule is CC1CCCC(=O)N1c1ccccc1. The summed E-state index contributed by atoms with van der Waals surface area (Å²) in [6.45, 7) is 2.12. The molecule has 0 aromatic heterocycles. The van der Waals surface area contributed by atoms with Crippen molar-refractivity contribution in [1.29, 1.82) is 0 Å². The minimum absolute atomic E-state index is 0.259. The number of carbonyl (C=O) groups is 1. The number of anilines is 1. The van der Waals surface area contributed by atoms with Crippen LogP contribution in [0.5, 0.6) is 0 Å². The van der Waals surface area contributed by atoms with Crippen molar-refractivity contribution >= 4 is 11.6 Å². The molecule has 1 aliphatic rings. The Balaban J connectivity index is 2.27. The fourth-order valence-electron chi connectivity index (χ4n) is 2.03. The molecule has 0 N–H and O–H groups in total. The van der Waals surface area contributed by atoms with Crippen molar-refractivity contribution in [3.63, 3.8) is 0 Å². The van der Waals surface area contributed by atoms with Crippen molar-refractivity contribution < 1.29 is 4.79 Å². The number of hydrogen-bond donors (Lipinski definition) is 0. The molecule has 14 heavy (non-hydrogen) atoms. The van der Waals surface area contributed by atoms with E-state index in [1.54, 1.807) is 0 Å². The van der Waals surface area contributed by atoms with E-state index in [2.05, 4.69) is 6.92 Å². The highest BCUT2D eigenvalue weighted by Gasteiger charge is 2.25. The van der Waals surface area contributed by atoms with Gasteiger partial charge in [0, 0.05) is 18.2 Å². The van der Waals surface area contributed by atoms with Gasteiger partial charge in [0.05, 0.1) is 0 Å². The van der Waals surface area contributed by atoms with E-state index in [9.17, 15) is 4.79 Å². The van der Waals surface area contributed by atoms with Gasteiger partial charge in [0.2, 0.25) is 5.91 Å². The first-order valence-electron chi connectivity index (χ1n) is 5.16. The number of carbonyl (C=O) groups excluding carboxylic acids is 1. The maximum atomic E-state index is 11.7. The van der Waals surface area contributed by atoms with Crippen LogP contribution in [0.1, 0.15) is 26.2 Å². The smallest absolute Gasteiger partial charge is 0.227 e. The molecule has 0 bridgehead atoms. The molecule has 0 radical (unpaired) electrons. The average Bonchev–Trinajstić information content (AvgIpc) is 2.19. The van der Waals surface area contributed by atoms with Crippen LogP contribution in [0.2, 0.25) is 0 Å². The Kier molecular flexibility index (Phi) is 2.53. The molecule has 2 rings (SSSR count). The van der Waals surface area contributed by atoms with Crippen LogP contribution < -0.4 is 4.90 Å². The largest absolute Gasteiger partial charge is 0.310 e. The molecule has 2 heteroatoms. The van der Waals surface area contributed by atoms with Crippen molar-refractivity contribution in [3.8, 4) is 0 Å². The average molecular weight is 189 g/mol. The Morgan fingerprint density at radius 1 is 1.29 bits per heavy atom. The normalized spacial score (nSPS) is 22.5. The third-order valence-corrected chi connectivity index (χ3v) is 2.76. The third-order valence-electron chi connectivity index (χ3n) is 2.76. The number of piperidine rings is 1. The molecule has 1 saturated heterocycles.